The van der Waals surface area contributed by atoms with Crippen LogP contribution >= 0.6 is 11.6 Å². The van der Waals surface area contributed by atoms with E-state index in [1.54, 1.807) is 20.8 Å². The van der Waals surface area contributed by atoms with Crippen molar-refractivity contribution in [2.45, 2.75) is 26.4 Å². The Bertz CT molecular complexity index is 494. The van der Waals surface area contributed by atoms with Crippen molar-refractivity contribution in [3.63, 3.8) is 0 Å². The van der Waals surface area contributed by atoms with Crippen molar-refractivity contribution in [2.24, 2.45) is 0 Å². The normalized spacial score (nSPS) is 10.9. The summed E-state index contributed by atoms with van der Waals surface area (Å²) < 4.78 is 10.3. The molecule has 1 aromatic carbocycles. The predicted molar refractivity (Wildman–Crippen MR) is 72.6 cm³/mol. The lowest BCUT2D eigenvalue weighted by atomic mass is 10.2. The number of halogens is 1. The number of rotatable bonds is 4. The Balaban J connectivity index is 2.71. The van der Waals surface area contributed by atoms with Gasteiger partial charge in [0, 0.05) is 17.3 Å². The van der Waals surface area contributed by atoms with Crippen LogP contribution in [0.15, 0.2) is 12.1 Å². The number of hydrogen-bond acceptors (Lipinski definition) is 5. The monoisotopic (exact) mass is 285 g/mol. The van der Waals surface area contributed by atoms with Crippen molar-refractivity contribution in [3.05, 3.63) is 22.7 Å². The third-order valence-electron chi connectivity index (χ3n) is 2.03. The summed E-state index contributed by atoms with van der Waals surface area (Å²) in [6.45, 7) is 5.00. The van der Waals surface area contributed by atoms with E-state index in [2.05, 4.69) is 0 Å². The van der Waals surface area contributed by atoms with Crippen molar-refractivity contribution >= 4 is 29.5 Å². The van der Waals surface area contributed by atoms with Gasteiger partial charge in [-0.05, 0) is 26.8 Å². The topological polar surface area (TPSA) is 78.6 Å². The second kappa shape index (κ2) is 5.93. The molecule has 0 radical (unpaired) electrons. The highest BCUT2D eigenvalue weighted by atomic mass is 35.5. The molecule has 2 N–H and O–H groups in total. The second-order valence-corrected chi connectivity index (χ2v) is 5.31. The van der Waals surface area contributed by atoms with Crippen LogP contribution in [0.3, 0.4) is 0 Å². The lowest BCUT2D eigenvalue weighted by molar-refractivity contribution is -0.157. The summed E-state index contributed by atoms with van der Waals surface area (Å²) >= 11 is 5.91. The van der Waals surface area contributed by atoms with Gasteiger partial charge in [0.05, 0.1) is 5.02 Å². The van der Waals surface area contributed by atoms with Gasteiger partial charge >= 0.3 is 5.97 Å². The number of ether oxygens (including phenoxy) is 2. The first kappa shape index (κ1) is 15.3. The average molecular weight is 286 g/mol. The standard InChI is InChI=1S/C13H16ClNO4/c1-13(2,3)19-12(17)7-18-11-5-10(15)8(6-16)4-9(11)14/h4-6H,7,15H2,1-3H3. The number of nitrogen functional groups attached to an aromatic ring is 1. The molecule has 6 heteroatoms. The molecule has 104 valence electrons. The molecule has 0 atom stereocenters. The van der Waals surface area contributed by atoms with E-state index in [0.29, 0.717) is 6.29 Å². The molecule has 0 unspecified atom stereocenters. The molecule has 1 aromatic rings. The number of hydrogen-bond donors (Lipinski definition) is 1. The molecular formula is C13H16ClNO4. The lowest BCUT2D eigenvalue weighted by Gasteiger charge is -2.19. The van der Waals surface area contributed by atoms with E-state index in [9.17, 15) is 9.59 Å². The number of esters is 1. The number of anilines is 1. The van der Waals surface area contributed by atoms with E-state index in [0.717, 1.165) is 0 Å². The van der Waals surface area contributed by atoms with Crippen LogP contribution in [0.2, 0.25) is 5.02 Å². The summed E-state index contributed by atoms with van der Waals surface area (Å²) in [6.07, 6.45) is 0.596. The summed E-state index contributed by atoms with van der Waals surface area (Å²) in [5.41, 5.74) is 5.55. The first-order chi connectivity index (χ1) is 8.73. The van der Waals surface area contributed by atoms with Crippen molar-refractivity contribution in [2.75, 3.05) is 12.3 Å². The van der Waals surface area contributed by atoms with Crippen LogP contribution in [0.25, 0.3) is 0 Å². The maximum Gasteiger partial charge on any atom is 0.344 e. The van der Waals surface area contributed by atoms with Crippen LogP contribution in [-0.2, 0) is 9.53 Å². The van der Waals surface area contributed by atoms with E-state index < -0.39 is 11.6 Å². The van der Waals surface area contributed by atoms with Gasteiger partial charge < -0.3 is 15.2 Å². The number of carbonyl (C=O) groups excluding carboxylic acids is 2. The van der Waals surface area contributed by atoms with Crippen LogP contribution in [0.1, 0.15) is 31.1 Å². The Morgan fingerprint density at radius 1 is 1.42 bits per heavy atom. The predicted octanol–water partition coefficient (Wildman–Crippen LogP) is 2.46. The third-order valence-corrected chi connectivity index (χ3v) is 2.33. The zero-order chi connectivity index (χ0) is 14.6. The fraction of sp³-hybridized carbons (Fsp3) is 0.385. The lowest BCUT2D eigenvalue weighted by Crippen LogP contribution is -2.27. The quantitative estimate of drug-likeness (QED) is 0.522. The molecule has 0 heterocycles. The molecule has 5 nitrogen and oxygen atoms in total. The molecule has 0 aliphatic carbocycles. The third kappa shape index (κ3) is 4.79. The van der Waals surface area contributed by atoms with Crippen LogP contribution < -0.4 is 10.5 Å². The highest BCUT2D eigenvalue weighted by Gasteiger charge is 2.17. The Labute approximate surface area is 116 Å². The highest BCUT2D eigenvalue weighted by Crippen LogP contribution is 2.29. The van der Waals surface area contributed by atoms with Crippen molar-refractivity contribution in [1.29, 1.82) is 0 Å². The summed E-state index contributed by atoms with van der Waals surface area (Å²) in [6, 6.07) is 2.78. The summed E-state index contributed by atoms with van der Waals surface area (Å²) in [7, 11) is 0. The van der Waals surface area contributed by atoms with Gasteiger partial charge in [-0.25, -0.2) is 4.79 Å². The highest BCUT2D eigenvalue weighted by molar-refractivity contribution is 6.32. The van der Waals surface area contributed by atoms with Gasteiger partial charge in [0.2, 0.25) is 0 Å². The number of nitrogens with two attached hydrogens (primary N) is 1. The van der Waals surface area contributed by atoms with Gasteiger partial charge in [0.25, 0.3) is 0 Å². The van der Waals surface area contributed by atoms with Gasteiger partial charge in [-0.1, -0.05) is 11.6 Å². The van der Waals surface area contributed by atoms with Gasteiger partial charge in [-0.3, -0.25) is 4.79 Å². The molecule has 0 saturated carbocycles. The molecule has 0 bridgehead atoms. The van der Waals surface area contributed by atoms with Gasteiger partial charge in [0.1, 0.15) is 11.4 Å². The van der Waals surface area contributed by atoms with E-state index in [1.807, 2.05) is 0 Å². The van der Waals surface area contributed by atoms with Crippen LogP contribution in [0, 0.1) is 0 Å². The zero-order valence-electron chi connectivity index (χ0n) is 11.0. The van der Waals surface area contributed by atoms with E-state index in [1.165, 1.54) is 12.1 Å². The Morgan fingerprint density at radius 3 is 2.58 bits per heavy atom. The summed E-state index contributed by atoms with van der Waals surface area (Å²) in [4.78, 5) is 22.1. The first-order valence-corrected chi connectivity index (χ1v) is 5.99. The van der Waals surface area contributed by atoms with Crippen molar-refractivity contribution in [1.82, 2.24) is 0 Å². The maximum atomic E-state index is 11.5. The van der Waals surface area contributed by atoms with Gasteiger partial charge in [-0.15, -0.1) is 0 Å². The van der Waals surface area contributed by atoms with Crippen molar-refractivity contribution in [3.8, 4) is 5.75 Å². The van der Waals surface area contributed by atoms with E-state index >= 15 is 0 Å². The largest absolute Gasteiger partial charge is 0.480 e. The minimum Gasteiger partial charge on any atom is -0.480 e. The maximum absolute atomic E-state index is 11.5. The summed E-state index contributed by atoms with van der Waals surface area (Å²) in [5.74, 6) is -0.280. The molecule has 0 spiro atoms. The average Bonchev–Trinajstić information content (AvgIpc) is 2.27. The SMILES string of the molecule is CC(C)(C)OC(=O)COc1cc(N)c(C=O)cc1Cl. The first-order valence-electron chi connectivity index (χ1n) is 5.62. The van der Waals surface area contributed by atoms with E-state index in [-0.39, 0.29) is 28.6 Å². The fourth-order valence-electron chi connectivity index (χ4n) is 1.30. The second-order valence-electron chi connectivity index (χ2n) is 4.90. The molecule has 0 amide bonds. The molecule has 0 fully saturated rings. The zero-order valence-corrected chi connectivity index (χ0v) is 11.8. The van der Waals surface area contributed by atoms with Crippen LogP contribution in [0.5, 0.6) is 5.75 Å². The molecule has 0 aliphatic rings. The van der Waals surface area contributed by atoms with Gasteiger partial charge in [-0.2, -0.15) is 0 Å². The molecule has 0 aliphatic heterocycles. The fourth-order valence-corrected chi connectivity index (χ4v) is 1.53. The number of carbonyl (C=O) groups is 2. The van der Waals surface area contributed by atoms with Crippen molar-refractivity contribution < 1.29 is 19.1 Å². The molecule has 19 heavy (non-hydrogen) atoms. The number of benzene rings is 1. The molecular weight excluding hydrogens is 270 g/mol. The van der Waals surface area contributed by atoms with Crippen LogP contribution in [-0.4, -0.2) is 24.5 Å². The smallest absolute Gasteiger partial charge is 0.344 e. The Morgan fingerprint density at radius 2 is 2.05 bits per heavy atom. The molecule has 0 aromatic heterocycles. The molecule has 1 rings (SSSR count). The number of aldehydes is 1. The minimum absolute atomic E-state index is 0.208. The minimum atomic E-state index is -0.579. The summed E-state index contributed by atoms with van der Waals surface area (Å²) in [5, 5.41) is 0.208. The Kier molecular flexibility index (Phi) is 4.78. The van der Waals surface area contributed by atoms with Gasteiger partial charge in [0.15, 0.2) is 12.9 Å². The van der Waals surface area contributed by atoms with Crippen LogP contribution in [0.4, 0.5) is 5.69 Å². The molecule has 0 saturated heterocycles. The van der Waals surface area contributed by atoms with E-state index in [4.69, 9.17) is 26.8 Å². The Hall–Kier alpha value is -1.75.